The third-order valence-corrected chi connectivity index (χ3v) is 4.67. The lowest BCUT2D eigenvalue weighted by Crippen LogP contribution is -2.39. The average Bonchev–Trinajstić information content (AvgIpc) is 3.05. The number of nitrogens with zero attached hydrogens (tertiary/aromatic N) is 2. The Labute approximate surface area is 177 Å². The molecule has 0 aliphatic heterocycles. The molecule has 2 N–H and O–H groups in total. The second-order valence-electron chi connectivity index (χ2n) is 6.92. The molecule has 0 amide bonds. The third-order valence-electron chi connectivity index (χ3n) is 3.56. The molecule has 5 nitrogen and oxygen atoms in total. The fourth-order valence-electron chi connectivity index (χ4n) is 2.13. The fraction of sp³-hybridized carbons (Fsp3) is 0.474. The van der Waals surface area contributed by atoms with Crippen molar-refractivity contribution in [3.8, 4) is 0 Å². The smallest absolute Gasteiger partial charge is 0.213 e. The highest BCUT2D eigenvalue weighted by Gasteiger charge is 2.19. The van der Waals surface area contributed by atoms with Crippen molar-refractivity contribution in [2.75, 3.05) is 13.6 Å². The molecule has 26 heavy (non-hydrogen) atoms. The molecule has 7 heteroatoms. The van der Waals surface area contributed by atoms with Crippen molar-refractivity contribution in [1.29, 1.82) is 0 Å². The molecule has 2 aromatic rings. The van der Waals surface area contributed by atoms with E-state index >= 15 is 0 Å². The fourth-order valence-corrected chi connectivity index (χ4v) is 3.08. The number of aliphatic imine (C=N–C) groups is 1. The van der Waals surface area contributed by atoms with E-state index in [1.165, 1.54) is 4.90 Å². The Morgan fingerprint density at radius 1 is 1.23 bits per heavy atom. The molecule has 1 heterocycles. The van der Waals surface area contributed by atoms with Gasteiger partial charge in [-0.15, -0.1) is 35.7 Å². The summed E-state index contributed by atoms with van der Waals surface area (Å²) in [6.07, 6.45) is 1.80. The molecular formula is C19H29IN4OS. The zero-order valence-electron chi connectivity index (χ0n) is 16.1. The van der Waals surface area contributed by atoms with Gasteiger partial charge in [0.05, 0.1) is 12.7 Å². The van der Waals surface area contributed by atoms with Crippen LogP contribution in [0.2, 0.25) is 0 Å². The standard InChI is InChI=1S/C19H28N4OS.HI/c1-14(25-15-9-7-6-8-10-15)11-22-18(20-5)23-13-17-21-12-16(24-17)19(2,3)4;/h6-10,12,14H,11,13H2,1-5H3,(H2,20,22,23);1H. The van der Waals surface area contributed by atoms with E-state index in [-0.39, 0.29) is 29.4 Å². The highest BCUT2D eigenvalue weighted by atomic mass is 127. The molecule has 1 aromatic carbocycles. The molecule has 0 saturated carbocycles. The number of hydrogen-bond donors (Lipinski definition) is 2. The summed E-state index contributed by atoms with van der Waals surface area (Å²) in [5, 5.41) is 7.01. The minimum absolute atomic E-state index is 0. The SMILES string of the molecule is CN=C(NCc1ncc(C(C)(C)C)o1)NCC(C)Sc1ccccc1.I. The lowest BCUT2D eigenvalue weighted by atomic mass is 9.94. The zero-order chi connectivity index (χ0) is 18.3. The highest BCUT2D eigenvalue weighted by molar-refractivity contribution is 14.0. The van der Waals surface area contributed by atoms with Crippen LogP contribution in [0.1, 0.15) is 39.3 Å². The molecular weight excluding hydrogens is 459 g/mol. The van der Waals surface area contributed by atoms with Gasteiger partial charge in [0.25, 0.3) is 0 Å². The molecule has 1 aromatic heterocycles. The Balaban J connectivity index is 0.00000338. The summed E-state index contributed by atoms with van der Waals surface area (Å²) in [5.41, 5.74) is -0.0325. The quantitative estimate of drug-likeness (QED) is 0.273. The predicted octanol–water partition coefficient (Wildman–Crippen LogP) is 4.44. The summed E-state index contributed by atoms with van der Waals surface area (Å²) in [7, 11) is 1.76. The number of benzene rings is 1. The largest absolute Gasteiger partial charge is 0.443 e. The van der Waals surface area contributed by atoms with Gasteiger partial charge >= 0.3 is 0 Å². The van der Waals surface area contributed by atoms with Crippen LogP contribution in [0.25, 0.3) is 0 Å². The minimum Gasteiger partial charge on any atom is -0.443 e. The maximum absolute atomic E-state index is 5.79. The van der Waals surface area contributed by atoms with E-state index in [4.69, 9.17) is 4.42 Å². The Hall–Kier alpha value is -1.22. The summed E-state index contributed by atoms with van der Waals surface area (Å²) < 4.78 is 5.79. The zero-order valence-corrected chi connectivity index (χ0v) is 19.2. The first-order valence-electron chi connectivity index (χ1n) is 8.50. The van der Waals surface area contributed by atoms with Gasteiger partial charge in [-0.3, -0.25) is 4.99 Å². The van der Waals surface area contributed by atoms with Crippen molar-refractivity contribution in [2.45, 2.75) is 49.8 Å². The molecule has 0 aliphatic carbocycles. The van der Waals surface area contributed by atoms with Crippen LogP contribution < -0.4 is 10.6 Å². The number of halogens is 1. The Morgan fingerprint density at radius 3 is 2.50 bits per heavy atom. The third kappa shape index (κ3) is 7.57. The van der Waals surface area contributed by atoms with Gasteiger partial charge in [-0.25, -0.2) is 4.98 Å². The number of hydrogen-bond acceptors (Lipinski definition) is 4. The van der Waals surface area contributed by atoms with E-state index < -0.39 is 0 Å². The van der Waals surface area contributed by atoms with Crippen molar-refractivity contribution in [3.05, 3.63) is 48.2 Å². The van der Waals surface area contributed by atoms with Crippen molar-refractivity contribution in [1.82, 2.24) is 15.6 Å². The molecule has 0 spiro atoms. The van der Waals surface area contributed by atoms with Crippen LogP contribution in [0.4, 0.5) is 0 Å². The van der Waals surface area contributed by atoms with E-state index in [1.807, 2.05) is 17.8 Å². The Kier molecular flexibility index (Phi) is 9.49. The van der Waals surface area contributed by atoms with Gasteiger partial charge in [0, 0.05) is 29.2 Å². The highest BCUT2D eigenvalue weighted by Crippen LogP contribution is 2.23. The van der Waals surface area contributed by atoms with Gasteiger partial charge in [-0.2, -0.15) is 0 Å². The molecule has 2 rings (SSSR count). The minimum atomic E-state index is -0.0325. The number of nitrogens with one attached hydrogen (secondary N) is 2. The van der Waals surface area contributed by atoms with Crippen LogP contribution >= 0.6 is 35.7 Å². The molecule has 0 radical (unpaired) electrons. The van der Waals surface area contributed by atoms with Crippen molar-refractivity contribution < 1.29 is 4.42 Å². The topological polar surface area (TPSA) is 62.5 Å². The van der Waals surface area contributed by atoms with E-state index in [2.05, 4.69) is 72.6 Å². The molecule has 1 unspecified atom stereocenters. The summed E-state index contributed by atoms with van der Waals surface area (Å²) >= 11 is 1.84. The number of rotatable bonds is 6. The first-order valence-corrected chi connectivity index (χ1v) is 9.38. The van der Waals surface area contributed by atoms with E-state index in [1.54, 1.807) is 13.2 Å². The van der Waals surface area contributed by atoms with Crippen molar-refractivity contribution >= 4 is 41.7 Å². The number of oxazole rings is 1. The molecule has 0 saturated heterocycles. The number of guanidine groups is 1. The number of thioether (sulfide) groups is 1. The van der Waals surface area contributed by atoms with Crippen LogP contribution in [0, 0.1) is 0 Å². The molecule has 0 bridgehead atoms. The number of aromatic nitrogens is 1. The summed E-state index contributed by atoms with van der Waals surface area (Å²) in [5.74, 6) is 2.30. The van der Waals surface area contributed by atoms with Gasteiger partial charge in [-0.1, -0.05) is 45.9 Å². The van der Waals surface area contributed by atoms with Crippen LogP contribution in [-0.4, -0.2) is 29.8 Å². The summed E-state index contributed by atoms with van der Waals surface area (Å²) in [6, 6.07) is 10.4. The van der Waals surface area contributed by atoms with Crippen molar-refractivity contribution in [3.63, 3.8) is 0 Å². The van der Waals surface area contributed by atoms with Crippen LogP contribution in [0.5, 0.6) is 0 Å². The maximum Gasteiger partial charge on any atom is 0.213 e. The monoisotopic (exact) mass is 488 g/mol. The molecule has 0 aliphatic rings. The Bertz CT molecular complexity index is 682. The lowest BCUT2D eigenvalue weighted by molar-refractivity contribution is 0.379. The van der Waals surface area contributed by atoms with E-state index in [0.29, 0.717) is 17.7 Å². The van der Waals surface area contributed by atoms with Gasteiger partial charge in [0.2, 0.25) is 5.89 Å². The van der Waals surface area contributed by atoms with Gasteiger partial charge in [-0.05, 0) is 12.1 Å². The first kappa shape index (κ1) is 22.8. The summed E-state index contributed by atoms with van der Waals surface area (Å²) in [6.45, 7) is 9.85. The van der Waals surface area contributed by atoms with Crippen LogP contribution in [-0.2, 0) is 12.0 Å². The van der Waals surface area contributed by atoms with Gasteiger partial charge < -0.3 is 15.1 Å². The predicted molar refractivity (Wildman–Crippen MR) is 121 cm³/mol. The summed E-state index contributed by atoms with van der Waals surface area (Å²) in [4.78, 5) is 9.85. The van der Waals surface area contributed by atoms with Gasteiger partial charge in [0.15, 0.2) is 5.96 Å². The van der Waals surface area contributed by atoms with Crippen LogP contribution in [0.15, 0.2) is 50.8 Å². The second kappa shape index (κ2) is 10.8. The van der Waals surface area contributed by atoms with E-state index in [0.717, 1.165) is 18.3 Å². The first-order chi connectivity index (χ1) is 11.9. The normalized spacial score (nSPS) is 13.0. The maximum atomic E-state index is 5.79. The van der Waals surface area contributed by atoms with E-state index in [9.17, 15) is 0 Å². The molecule has 1 atom stereocenters. The lowest BCUT2D eigenvalue weighted by Gasteiger charge is -2.15. The molecule has 144 valence electrons. The second-order valence-corrected chi connectivity index (χ2v) is 8.43. The van der Waals surface area contributed by atoms with Gasteiger partial charge in [0.1, 0.15) is 5.76 Å². The van der Waals surface area contributed by atoms with Crippen LogP contribution in [0.3, 0.4) is 0 Å². The van der Waals surface area contributed by atoms with Crippen molar-refractivity contribution in [2.24, 2.45) is 4.99 Å². The Morgan fingerprint density at radius 2 is 1.92 bits per heavy atom. The molecule has 0 fully saturated rings. The average molecular weight is 488 g/mol.